The lowest BCUT2D eigenvalue weighted by Gasteiger charge is -2.32. The molecule has 1 aliphatic rings. The van der Waals surface area contributed by atoms with Crippen molar-refractivity contribution >= 4 is 17.5 Å². The highest BCUT2D eigenvalue weighted by Crippen LogP contribution is 2.26. The van der Waals surface area contributed by atoms with Gasteiger partial charge in [-0.1, -0.05) is 30.3 Å². The van der Waals surface area contributed by atoms with Gasteiger partial charge in [0.25, 0.3) is 0 Å². The van der Waals surface area contributed by atoms with E-state index in [4.69, 9.17) is 0 Å². The van der Waals surface area contributed by atoms with E-state index in [1.807, 2.05) is 6.07 Å². The standard InChI is InChI=1S/C21H20F3N5/c22-16-6-7-17(20(24)19(16)23)26-21-27-18(13-25-28-21)29-10-8-15(9-11-29)12-14-4-2-1-3-5-14/h1-7,13,15H,8-12H2,(H,26,27,28). The molecule has 0 radical (unpaired) electrons. The van der Waals surface area contributed by atoms with Gasteiger partial charge in [-0.05, 0) is 42.9 Å². The number of anilines is 3. The topological polar surface area (TPSA) is 53.9 Å². The van der Waals surface area contributed by atoms with Gasteiger partial charge in [-0.15, -0.1) is 5.10 Å². The Morgan fingerprint density at radius 2 is 1.72 bits per heavy atom. The number of halogens is 3. The van der Waals surface area contributed by atoms with Crippen molar-refractivity contribution in [1.82, 2.24) is 15.2 Å². The fourth-order valence-electron chi connectivity index (χ4n) is 3.56. The Morgan fingerprint density at radius 1 is 0.966 bits per heavy atom. The van der Waals surface area contributed by atoms with Gasteiger partial charge in [0, 0.05) is 13.1 Å². The summed E-state index contributed by atoms with van der Waals surface area (Å²) in [4.78, 5) is 6.45. The summed E-state index contributed by atoms with van der Waals surface area (Å²) in [6.07, 6.45) is 4.65. The highest BCUT2D eigenvalue weighted by atomic mass is 19.2. The van der Waals surface area contributed by atoms with Crippen LogP contribution in [0.25, 0.3) is 0 Å². The predicted molar refractivity (Wildman–Crippen MR) is 105 cm³/mol. The molecule has 0 amide bonds. The highest BCUT2D eigenvalue weighted by molar-refractivity contribution is 5.55. The molecule has 29 heavy (non-hydrogen) atoms. The zero-order valence-electron chi connectivity index (χ0n) is 15.7. The third-order valence-corrected chi connectivity index (χ3v) is 5.13. The zero-order chi connectivity index (χ0) is 20.2. The summed E-state index contributed by atoms with van der Waals surface area (Å²) in [6.45, 7) is 1.66. The summed E-state index contributed by atoms with van der Waals surface area (Å²) < 4.78 is 40.3. The van der Waals surface area contributed by atoms with Crippen molar-refractivity contribution in [3.8, 4) is 0 Å². The number of aromatic nitrogens is 3. The number of piperidine rings is 1. The molecule has 0 unspecified atom stereocenters. The maximum absolute atomic E-state index is 13.9. The van der Waals surface area contributed by atoms with Crippen molar-refractivity contribution in [2.75, 3.05) is 23.3 Å². The Labute approximate surface area is 166 Å². The van der Waals surface area contributed by atoms with E-state index in [2.05, 4.69) is 49.7 Å². The van der Waals surface area contributed by atoms with Gasteiger partial charge in [0.05, 0.1) is 11.9 Å². The van der Waals surface area contributed by atoms with Crippen LogP contribution in [0.2, 0.25) is 0 Å². The first-order chi connectivity index (χ1) is 14.1. The van der Waals surface area contributed by atoms with Crippen LogP contribution in [0.1, 0.15) is 18.4 Å². The molecular weight excluding hydrogens is 379 g/mol. The van der Waals surface area contributed by atoms with E-state index in [0.29, 0.717) is 11.7 Å². The molecule has 2 aromatic carbocycles. The van der Waals surface area contributed by atoms with E-state index in [-0.39, 0.29) is 11.6 Å². The second-order valence-electron chi connectivity index (χ2n) is 7.11. The van der Waals surface area contributed by atoms with Gasteiger partial charge in [-0.2, -0.15) is 10.1 Å². The molecule has 5 nitrogen and oxygen atoms in total. The molecule has 1 aromatic heterocycles. The first-order valence-corrected chi connectivity index (χ1v) is 9.49. The summed E-state index contributed by atoms with van der Waals surface area (Å²) in [5.41, 5.74) is 1.10. The van der Waals surface area contributed by atoms with Crippen LogP contribution in [0.15, 0.2) is 48.7 Å². The quantitative estimate of drug-likeness (QED) is 0.641. The molecule has 1 aliphatic heterocycles. The molecular formula is C21H20F3N5. The Kier molecular flexibility index (Phi) is 5.59. The second kappa shape index (κ2) is 8.46. The van der Waals surface area contributed by atoms with Crippen LogP contribution in [0.5, 0.6) is 0 Å². The van der Waals surface area contributed by atoms with E-state index in [9.17, 15) is 13.2 Å². The van der Waals surface area contributed by atoms with E-state index in [1.54, 1.807) is 6.20 Å². The molecule has 3 aromatic rings. The molecule has 8 heteroatoms. The molecule has 1 saturated heterocycles. The fraction of sp³-hybridized carbons (Fsp3) is 0.286. The number of nitrogens with one attached hydrogen (secondary N) is 1. The predicted octanol–water partition coefficient (Wildman–Crippen LogP) is 4.49. The van der Waals surface area contributed by atoms with Crippen molar-refractivity contribution in [2.24, 2.45) is 5.92 Å². The number of rotatable bonds is 5. The Morgan fingerprint density at radius 3 is 2.48 bits per heavy atom. The Balaban J connectivity index is 1.40. The van der Waals surface area contributed by atoms with Crippen LogP contribution in [0.4, 0.5) is 30.6 Å². The molecule has 2 heterocycles. The monoisotopic (exact) mass is 399 g/mol. The molecule has 0 saturated carbocycles. The average Bonchev–Trinajstić information content (AvgIpc) is 2.76. The van der Waals surface area contributed by atoms with Gasteiger partial charge in [-0.25, -0.2) is 13.2 Å². The van der Waals surface area contributed by atoms with Crippen molar-refractivity contribution in [2.45, 2.75) is 19.3 Å². The Hall–Kier alpha value is -3.16. The lowest BCUT2D eigenvalue weighted by molar-refractivity contribution is 0.402. The average molecular weight is 399 g/mol. The maximum Gasteiger partial charge on any atom is 0.249 e. The third-order valence-electron chi connectivity index (χ3n) is 5.13. The van der Waals surface area contributed by atoms with Crippen molar-refractivity contribution in [3.05, 3.63) is 71.7 Å². The summed E-state index contributed by atoms with van der Waals surface area (Å²) >= 11 is 0. The summed E-state index contributed by atoms with van der Waals surface area (Å²) in [5, 5.41) is 10.3. The molecule has 0 aliphatic carbocycles. The van der Waals surface area contributed by atoms with Crippen LogP contribution in [-0.2, 0) is 6.42 Å². The largest absolute Gasteiger partial charge is 0.355 e. The van der Waals surface area contributed by atoms with Crippen LogP contribution in [-0.4, -0.2) is 28.3 Å². The number of hydrogen-bond acceptors (Lipinski definition) is 5. The van der Waals surface area contributed by atoms with Gasteiger partial charge in [-0.3, -0.25) is 0 Å². The SMILES string of the molecule is Fc1ccc(Nc2nncc(N3CCC(Cc4ccccc4)CC3)n2)c(F)c1F. The number of nitrogens with zero attached hydrogens (tertiary/aromatic N) is 4. The van der Waals surface area contributed by atoms with Gasteiger partial charge >= 0.3 is 0 Å². The minimum Gasteiger partial charge on any atom is -0.355 e. The van der Waals surface area contributed by atoms with Crippen LogP contribution in [0, 0.1) is 23.4 Å². The summed E-state index contributed by atoms with van der Waals surface area (Å²) in [7, 11) is 0. The lowest BCUT2D eigenvalue weighted by atomic mass is 9.90. The first-order valence-electron chi connectivity index (χ1n) is 9.49. The molecule has 0 atom stereocenters. The molecule has 4 rings (SSSR count). The van der Waals surface area contributed by atoms with Crippen LogP contribution >= 0.6 is 0 Å². The van der Waals surface area contributed by atoms with Gasteiger partial charge in [0.2, 0.25) is 5.95 Å². The van der Waals surface area contributed by atoms with E-state index < -0.39 is 17.5 Å². The van der Waals surface area contributed by atoms with Gasteiger partial charge in [0.15, 0.2) is 23.3 Å². The zero-order valence-corrected chi connectivity index (χ0v) is 15.7. The van der Waals surface area contributed by atoms with E-state index in [0.717, 1.165) is 44.5 Å². The molecule has 1 fully saturated rings. The Bertz CT molecular complexity index is 975. The fourth-order valence-corrected chi connectivity index (χ4v) is 3.56. The maximum atomic E-state index is 13.9. The highest BCUT2D eigenvalue weighted by Gasteiger charge is 2.21. The first kappa shape index (κ1) is 19.2. The van der Waals surface area contributed by atoms with Gasteiger partial charge in [0.1, 0.15) is 0 Å². The van der Waals surface area contributed by atoms with Crippen molar-refractivity contribution in [1.29, 1.82) is 0 Å². The van der Waals surface area contributed by atoms with E-state index in [1.165, 1.54) is 5.56 Å². The minimum atomic E-state index is -1.54. The van der Waals surface area contributed by atoms with Gasteiger partial charge < -0.3 is 10.2 Å². The minimum absolute atomic E-state index is 0.0267. The molecule has 1 N–H and O–H groups in total. The van der Waals surface area contributed by atoms with Crippen molar-refractivity contribution in [3.63, 3.8) is 0 Å². The lowest BCUT2D eigenvalue weighted by Crippen LogP contribution is -2.35. The second-order valence-corrected chi connectivity index (χ2v) is 7.11. The van der Waals surface area contributed by atoms with Crippen LogP contribution in [0.3, 0.4) is 0 Å². The summed E-state index contributed by atoms with van der Waals surface area (Å²) in [5.74, 6) is -2.86. The van der Waals surface area contributed by atoms with Crippen LogP contribution < -0.4 is 10.2 Å². The summed E-state index contributed by atoms with van der Waals surface area (Å²) in [6, 6.07) is 12.4. The van der Waals surface area contributed by atoms with Crippen molar-refractivity contribution < 1.29 is 13.2 Å². The molecule has 0 spiro atoms. The smallest absolute Gasteiger partial charge is 0.249 e. The van der Waals surface area contributed by atoms with E-state index >= 15 is 0 Å². The number of hydrogen-bond donors (Lipinski definition) is 1. The molecule has 150 valence electrons. The normalized spacial score (nSPS) is 14.8. The number of benzene rings is 2. The molecule has 0 bridgehead atoms. The third kappa shape index (κ3) is 4.47.